The van der Waals surface area contributed by atoms with Crippen molar-refractivity contribution < 1.29 is 22.4 Å². The number of carbonyl (C=O) groups excluding carboxylic acids is 1. The molecule has 1 fully saturated rings. The molecule has 3 aromatic rings. The molecule has 150 valence electrons. The maximum atomic E-state index is 13.0. The van der Waals surface area contributed by atoms with Crippen molar-refractivity contribution in [2.24, 2.45) is 0 Å². The van der Waals surface area contributed by atoms with Crippen LogP contribution in [-0.2, 0) is 17.4 Å². The number of halogens is 4. The summed E-state index contributed by atoms with van der Waals surface area (Å²) in [5, 5.41) is -0.0236. The van der Waals surface area contributed by atoms with E-state index in [9.17, 15) is 27.2 Å². The summed E-state index contributed by atoms with van der Waals surface area (Å²) in [6, 6.07) is 8.07. The second-order valence-corrected chi connectivity index (χ2v) is 6.95. The first-order valence-corrected chi connectivity index (χ1v) is 8.90. The predicted molar refractivity (Wildman–Crippen MR) is 97.5 cm³/mol. The zero-order chi connectivity index (χ0) is 20.8. The molecule has 2 aromatic carbocycles. The molecule has 1 aliphatic rings. The average Bonchev–Trinajstić information content (AvgIpc) is 3.50. The fourth-order valence-corrected chi connectivity index (χ4v) is 3.05. The molecular formula is C20H15F4N3O2. The number of alkyl halides is 3. The smallest absolute Gasteiger partial charge is 0.273 e. The number of hydrogen-bond donors (Lipinski definition) is 1. The number of fused-ring (bicyclic) bond motifs is 1. The van der Waals surface area contributed by atoms with E-state index in [1.165, 1.54) is 24.3 Å². The average molecular weight is 405 g/mol. The molecule has 1 amide bonds. The largest absolute Gasteiger partial charge is 0.416 e. The summed E-state index contributed by atoms with van der Waals surface area (Å²) in [5.41, 5.74) is 1.44. The monoisotopic (exact) mass is 405 g/mol. The molecule has 29 heavy (non-hydrogen) atoms. The predicted octanol–water partition coefficient (Wildman–Crippen LogP) is 3.74. The highest BCUT2D eigenvalue weighted by molar-refractivity contribution is 5.86. The van der Waals surface area contributed by atoms with Crippen LogP contribution in [0.3, 0.4) is 0 Å². The van der Waals surface area contributed by atoms with Crippen molar-refractivity contribution in [1.29, 1.82) is 0 Å². The van der Waals surface area contributed by atoms with Crippen molar-refractivity contribution in [3.8, 4) is 0 Å². The number of nitrogens with one attached hydrogen (secondary N) is 1. The Balaban J connectivity index is 1.70. The minimum absolute atomic E-state index is 0.0236. The third-order valence-electron chi connectivity index (χ3n) is 4.68. The lowest BCUT2D eigenvalue weighted by atomic mass is 10.1. The van der Waals surface area contributed by atoms with Gasteiger partial charge in [-0.15, -0.1) is 0 Å². The van der Waals surface area contributed by atoms with Crippen LogP contribution in [0, 0.1) is 5.82 Å². The van der Waals surface area contributed by atoms with E-state index in [1.54, 1.807) is 0 Å². The second kappa shape index (κ2) is 6.98. The molecule has 0 radical (unpaired) electrons. The Hall–Kier alpha value is -3.23. The fourth-order valence-electron chi connectivity index (χ4n) is 3.05. The number of rotatable bonds is 4. The van der Waals surface area contributed by atoms with Crippen LogP contribution in [0.4, 0.5) is 17.6 Å². The Labute approximate surface area is 162 Å². The van der Waals surface area contributed by atoms with Gasteiger partial charge in [0.25, 0.3) is 5.56 Å². The van der Waals surface area contributed by atoms with Gasteiger partial charge in [-0.05, 0) is 48.7 Å². The van der Waals surface area contributed by atoms with Gasteiger partial charge in [-0.3, -0.25) is 15.0 Å². The highest BCUT2D eigenvalue weighted by atomic mass is 19.4. The number of benzene rings is 2. The zero-order valence-electron chi connectivity index (χ0n) is 15.0. The van der Waals surface area contributed by atoms with E-state index in [0.29, 0.717) is 5.56 Å². The standard InChI is InChI=1S/C20H15F4N3O2/c21-14-6-1-11(2-7-14)9-17(28)26-27-18(12-3-4-12)25-16-10-13(20(22,23)24)5-8-15(16)19(27)29/h1-2,5-8,10,12H,3-4,9H2,(H,26,28). The summed E-state index contributed by atoms with van der Waals surface area (Å²) >= 11 is 0. The van der Waals surface area contributed by atoms with Crippen LogP contribution in [-0.4, -0.2) is 15.6 Å². The molecule has 5 nitrogen and oxygen atoms in total. The van der Waals surface area contributed by atoms with Crippen LogP contribution in [0.5, 0.6) is 0 Å². The molecular weight excluding hydrogens is 390 g/mol. The molecule has 1 aromatic heterocycles. The highest BCUT2D eigenvalue weighted by Gasteiger charge is 2.33. The van der Waals surface area contributed by atoms with E-state index in [4.69, 9.17) is 0 Å². The van der Waals surface area contributed by atoms with Gasteiger partial charge >= 0.3 is 6.18 Å². The lowest BCUT2D eigenvalue weighted by molar-refractivity contribution is -0.137. The number of nitrogens with zero attached hydrogens (tertiary/aromatic N) is 2. The minimum Gasteiger partial charge on any atom is -0.273 e. The van der Waals surface area contributed by atoms with E-state index in [1.807, 2.05) is 0 Å². The molecule has 9 heteroatoms. The highest BCUT2D eigenvalue weighted by Crippen LogP contribution is 2.39. The van der Waals surface area contributed by atoms with Crippen molar-refractivity contribution in [3.63, 3.8) is 0 Å². The van der Waals surface area contributed by atoms with Crippen molar-refractivity contribution in [2.75, 3.05) is 5.43 Å². The normalized spacial score (nSPS) is 14.2. The van der Waals surface area contributed by atoms with Gasteiger partial charge in [-0.25, -0.2) is 14.1 Å². The molecule has 0 unspecified atom stereocenters. The van der Waals surface area contributed by atoms with Crippen molar-refractivity contribution in [2.45, 2.75) is 31.4 Å². The van der Waals surface area contributed by atoms with Gasteiger partial charge in [0.2, 0.25) is 5.91 Å². The van der Waals surface area contributed by atoms with Crippen LogP contribution < -0.4 is 11.0 Å². The number of hydrogen-bond acceptors (Lipinski definition) is 3. The van der Waals surface area contributed by atoms with Gasteiger partial charge in [0, 0.05) is 5.92 Å². The molecule has 0 aliphatic heterocycles. The third kappa shape index (κ3) is 3.98. The Morgan fingerprint density at radius 3 is 2.45 bits per heavy atom. The maximum absolute atomic E-state index is 13.0. The maximum Gasteiger partial charge on any atom is 0.416 e. The van der Waals surface area contributed by atoms with Gasteiger partial charge in [0.05, 0.1) is 22.9 Å². The van der Waals surface area contributed by atoms with E-state index in [0.717, 1.165) is 35.7 Å². The molecule has 0 spiro atoms. The molecule has 1 heterocycles. The molecule has 1 saturated carbocycles. The van der Waals surface area contributed by atoms with Crippen molar-refractivity contribution in [1.82, 2.24) is 9.66 Å². The Bertz CT molecular complexity index is 1150. The Morgan fingerprint density at radius 2 is 1.83 bits per heavy atom. The second-order valence-electron chi connectivity index (χ2n) is 6.95. The van der Waals surface area contributed by atoms with Gasteiger partial charge in [0.15, 0.2) is 0 Å². The zero-order valence-corrected chi connectivity index (χ0v) is 15.0. The fraction of sp³-hybridized carbons (Fsp3) is 0.250. The molecule has 0 saturated heterocycles. The molecule has 1 aliphatic carbocycles. The first-order chi connectivity index (χ1) is 13.7. The van der Waals surface area contributed by atoms with Crippen LogP contribution >= 0.6 is 0 Å². The first kappa shape index (κ1) is 19.1. The lowest BCUT2D eigenvalue weighted by Crippen LogP contribution is -2.37. The summed E-state index contributed by atoms with van der Waals surface area (Å²) < 4.78 is 52.9. The van der Waals surface area contributed by atoms with Crippen LogP contribution in [0.15, 0.2) is 47.3 Å². The van der Waals surface area contributed by atoms with Crippen LogP contribution in [0.1, 0.15) is 35.7 Å². The number of carbonyl (C=O) groups is 1. The van der Waals surface area contributed by atoms with E-state index < -0.39 is 29.0 Å². The quantitative estimate of drug-likeness (QED) is 0.673. The summed E-state index contributed by atoms with van der Waals surface area (Å²) in [4.78, 5) is 29.5. The molecule has 4 rings (SSSR count). The molecule has 1 N–H and O–H groups in total. The summed E-state index contributed by atoms with van der Waals surface area (Å²) in [5.74, 6) is -0.825. The Morgan fingerprint density at radius 1 is 1.14 bits per heavy atom. The molecule has 0 bridgehead atoms. The SMILES string of the molecule is O=C(Cc1ccc(F)cc1)Nn1c(C2CC2)nc2cc(C(F)(F)F)ccc2c1=O. The van der Waals surface area contributed by atoms with E-state index in [-0.39, 0.29) is 29.1 Å². The number of aromatic nitrogens is 2. The summed E-state index contributed by atoms with van der Waals surface area (Å²) in [6.45, 7) is 0. The lowest BCUT2D eigenvalue weighted by Gasteiger charge is -2.15. The minimum atomic E-state index is -4.55. The van der Waals surface area contributed by atoms with Gasteiger partial charge in [-0.1, -0.05) is 12.1 Å². The first-order valence-electron chi connectivity index (χ1n) is 8.90. The van der Waals surface area contributed by atoms with Crippen LogP contribution in [0.25, 0.3) is 10.9 Å². The van der Waals surface area contributed by atoms with E-state index >= 15 is 0 Å². The van der Waals surface area contributed by atoms with Crippen LogP contribution in [0.2, 0.25) is 0 Å². The topological polar surface area (TPSA) is 64.0 Å². The van der Waals surface area contributed by atoms with Gasteiger partial charge < -0.3 is 0 Å². The van der Waals surface area contributed by atoms with Crippen molar-refractivity contribution >= 4 is 16.8 Å². The van der Waals surface area contributed by atoms with Crippen molar-refractivity contribution in [3.05, 3.63) is 75.6 Å². The summed E-state index contributed by atoms with van der Waals surface area (Å²) in [6.07, 6.45) is -3.19. The van der Waals surface area contributed by atoms with Gasteiger partial charge in [-0.2, -0.15) is 13.2 Å². The third-order valence-corrected chi connectivity index (χ3v) is 4.68. The van der Waals surface area contributed by atoms with E-state index in [2.05, 4.69) is 10.4 Å². The Kier molecular flexibility index (Phi) is 4.60. The van der Waals surface area contributed by atoms with Gasteiger partial charge in [0.1, 0.15) is 11.6 Å². The number of amides is 1. The molecule has 0 atom stereocenters. The summed E-state index contributed by atoms with van der Waals surface area (Å²) in [7, 11) is 0.